The van der Waals surface area contributed by atoms with Gasteiger partial charge in [-0.2, -0.15) is 0 Å². The predicted molar refractivity (Wildman–Crippen MR) is 133 cm³/mol. The fraction of sp³-hybridized carbons (Fsp3) is 0.333. The summed E-state index contributed by atoms with van der Waals surface area (Å²) in [5.74, 6) is -1.71. The third-order valence-corrected chi connectivity index (χ3v) is 7.40. The number of amides is 2. The van der Waals surface area contributed by atoms with Crippen LogP contribution in [0.4, 0.5) is 18.9 Å². The third-order valence-electron chi connectivity index (χ3n) is 7.20. The molecule has 11 heteroatoms. The van der Waals surface area contributed by atoms with Gasteiger partial charge in [-0.3, -0.25) is 19.6 Å². The summed E-state index contributed by atoms with van der Waals surface area (Å²) in [4.78, 5) is 35.4. The van der Waals surface area contributed by atoms with Gasteiger partial charge in [0.2, 0.25) is 5.60 Å². The van der Waals surface area contributed by atoms with Crippen LogP contribution >= 0.6 is 11.6 Å². The van der Waals surface area contributed by atoms with Gasteiger partial charge in [0.05, 0.1) is 28.2 Å². The molecule has 1 unspecified atom stereocenters. The van der Waals surface area contributed by atoms with Crippen LogP contribution in [0.5, 0.6) is 0 Å². The van der Waals surface area contributed by atoms with Crippen LogP contribution in [0.2, 0.25) is 5.02 Å². The number of aromatic nitrogens is 2. The molecule has 5 rings (SSSR count). The fourth-order valence-electron chi connectivity index (χ4n) is 5.27. The lowest BCUT2D eigenvalue weighted by atomic mass is 9.85. The number of carbonyl (C=O) groups excluding carboxylic acids is 2. The largest absolute Gasteiger partial charge is 0.370 e. The molecule has 2 aromatic heterocycles. The van der Waals surface area contributed by atoms with Crippen LogP contribution in [-0.4, -0.2) is 39.5 Å². The first-order valence-electron chi connectivity index (χ1n) is 12.2. The number of nitrogens with one attached hydrogen (secondary N) is 1. The minimum absolute atomic E-state index is 0.0453. The van der Waals surface area contributed by atoms with Gasteiger partial charge in [0.1, 0.15) is 11.5 Å². The van der Waals surface area contributed by atoms with E-state index in [1.54, 1.807) is 24.3 Å². The smallest absolute Gasteiger partial charge is 0.281 e. The Morgan fingerprint density at radius 3 is 2.55 bits per heavy atom. The number of halogens is 4. The van der Waals surface area contributed by atoms with Crippen LogP contribution in [0.25, 0.3) is 0 Å². The molecule has 2 aliphatic rings. The van der Waals surface area contributed by atoms with Crippen molar-refractivity contribution in [1.82, 2.24) is 15.3 Å². The molecular weight excluding hydrogens is 521 g/mol. The van der Waals surface area contributed by atoms with Crippen molar-refractivity contribution in [2.24, 2.45) is 5.92 Å². The molecule has 38 heavy (non-hydrogen) atoms. The molecule has 0 radical (unpaired) electrons. The Morgan fingerprint density at radius 1 is 1.13 bits per heavy atom. The molecule has 0 saturated heterocycles. The molecule has 2 N–H and O–H groups in total. The fourth-order valence-corrected chi connectivity index (χ4v) is 5.43. The highest BCUT2D eigenvalue weighted by Crippen LogP contribution is 2.44. The zero-order chi connectivity index (χ0) is 27.0. The van der Waals surface area contributed by atoms with Crippen LogP contribution in [0.1, 0.15) is 59.4 Å². The summed E-state index contributed by atoms with van der Waals surface area (Å²) in [5.41, 5.74) is -1.89. The minimum atomic E-state index is -2.91. The van der Waals surface area contributed by atoms with Gasteiger partial charge in [-0.1, -0.05) is 29.8 Å². The van der Waals surface area contributed by atoms with Crippen molar-refractivity contribution in [3.63, 3.8) is 0 Å². The number of nitrogens with zero attached hydrogens (tertiary/aromatic N) is 3. The Labute approximate surface area is 221 Å². The van der Waals surface area contributed by atoms with E-state index in [2.05, 4.69) is 15.3 Å². The summed E-state index contributed by atoms with van der Waals surface area (Å²) < 4.78 is 40.1. The van der Waals surface area contributed by atoms with Crippen LogP contribution in [0, 0.1) is 11.7 Å². The van der Waals surface area contributed by atoms with Gasteiger partial charge >= 0.3 is 0 Å². The number of rotatable bonds is 6. The van der Waals surface area contributed by atoms with Crippen molar-refractivity contribution < 1.29 is 27.9 Å². The van der Waals surface area contributed by atoms with Crippen molar-refractivity contribution in [2.45, 2.75) is 43.8 Å². The maximum atomic E-state index is 13.5. The third kappa shape index (κ3) is 4.74. The number of alkyl halides is 2. The molecule has 1 aliphatic carbocycles. The first-order chi connectivity index (χ1) is 18.2. The summed E-state index contributed by atoms with van der Waals surface area (Å²) in [5, 5.41) is 14.4. The zero-order valence-electron chi connectivity index (χ0n) is 20.1. The van der Waals surface area contributed by atoms with Crippen LogP contribution in [-0.2, 0) is 10.4 Å². The van der Waals surface area contributed by atoms with Crippen molar-refractivity contribution in [2.75, 3.05) is 11.4 Å². The molecule has 1 atom stereocenters. The molecule has 2 amide bonds. The Balaban J connectivity index is 1.26. The van der Waals surface area contributed by atoms with E-state index in [0.29, 0.717) is 43.5 Å². The second-order valence-corrected chi connectivity index (χ2v) is 10.0. The highest BCUT2D eigenvalue weighted by molar-refractivity contribution is 6.30. The lowest BCUT2D eigenvalue weighted by Crippen LogP contribution is -2.45. The number of hydrogen-bond acceptors (Lipinski definition) is 5. The molecular formula is C27H24ClF3N4O3. The van der Waals surface area contributed by atoms with Gasteiger partial charge in [-0.25, -0.2) is 13.2 Å². The molecule has 1 saturated carbocycles. The van der Waals surface area contributed by atoms with Crippen molar-refractivity contribution in [3.8, 4) is 0 Å². The van der Waals surface area contributed by atoms with E-state index < -0.39 is 35.4 Å². The zero-order valence-corrected chi connectivity index (χ0v) is 20.8. The number of carbonyl (C=O) groups is 2. The molecule has 3 aromatic rings. The van der Waals surface area contributed by atoms with Gasteiger partial charge in [-0.05, 0) is 55.9 Å². The van der Waals surface area contributed by atoms with E-state index >= 15 is 0 Å². The van der Waals surface area contributed by atoms with Crippen LogP contribution in [0.15, 0.2) is 54.9 Å². The molecule has 1 fully saturated rings. The summed E-state index contributed by atoms with van der Waals surface area (Å²) in [6, 6.07) is 10.3. The maximum Gasteiger partial charge on any atom is 0.281 e. The highest BCUT2D eigenvalue weighted by atomic mass is 35.5. The minimum Gasteiger partial charge on any atom is -0.370 e. The van der Waals surface area contributed by atoms with E-state index in [9.17, 15) is 27.9 Å². The second kappa shape index (κ2) is 10.3. The number of hydrogen-bond donors (Lipinski definition) is 2. The monoisotopic (exact) mass is 544 g/mol. The van der Waals surface area contributed by atoms with Crippen molar-refractivity contribution in [3.05, 3.63) is 88.2 Å². The average molecular weight is 545 g/mol. The van der Waals surface area contributed by atoms with Crippen molar-refractivity contribution >= 4 is 29.1 Å². The lowest BCUT2D eigenvalue weighted by Gasteiger charge is -2.32. The summed E-state index contributed by atoms with van der Waals surface area (Å²) >= 11 is 5.86. The Bertz CT molecular complexity index is 1370. The molecule has 1 aliphatic heterocycles. The van der Waals surface area contributed by atoms with Gasteiger partial charge in [0.15, 0.2) is 0 Å². The summed E-state index contributed by atoms with van der Waals surface area (Å²) in [6.45, 7) is 0.341. The number of anilines is 1. The average Bonchev–Trinajstić information content (AvgIpc) is 3.12. The van der Waals surface area contributed by atoms with Crippen LogP contribution < -0.4 is 10.2 Å². The maximum absolute atomic E-state index is 13.5. The summed E-state index contributed by atoms with van der Waals surface area (Å²) in [6.07, 6.45) is 1.64. The van der Waals surface area contributed by atoms with E-state index in [1.807, 2.05) is 0 Å². The number of fused-ring (bicyclic) bond motifs is 1. The first-order valence-corrected chi connectivity index (χ1v) is 12.6. The Morgan fingerprint density at radius 2 is 1.87 bits per heavy atom. The van der Waals surface area contributed by atoms with Crippen molar-refractivity contribution in [1.29, 1.82) is 0 Å². The van der Waals surface area contributed by atoms with Gasteiger partial charge in [0, 0.05) is 24.3 Å². The molecule has 0 spiro atoms. The molecule has 1 aromatic carbocycles. The molecule has 7 nitrogen and oxygen atoms in total. The second-order valence-electron chi connectivity index (χ2n) is 9.58. The van der Waals surface area contributed by atoms with Gasteiger partial charge in [-0.15, -0.1) is 0 Å². The summed E-state index contributed by atoms with van der Waals surface area (Å²) in [7, 11) is 0. The van der Waals surface area contributed by atoms with Gasteiger partial charge < -0.3 is 15.3 Å². The standard InChI is InChI=1S/C27H24ClF3N4O3/c28-16-11-19(23(24(30)31)33-12-16)25(36)34-18-8-5-15(6-9-18)14-35-21-4-2-1-3-20(21)27(38,26(35)37)22-10-7-17(29)13-32-22/h1-4,7,10-13,15,18,24,38H,5-6,8-9,14H2,(H,34,36)/t15-,18-,27?. The van der Waals surface area contributed by atoms with Gasteiger partial charge in [0.25, 0.3) is 18.2 Å². The van der Waals surface area contributed by atoms with E-state index in [1.165, 1.54) is 17.0 Å². The number of aliphatic hydroxyl groups is 1. The molecule has 0 bridgehead atoms. The predicted octanol–water partition coefficient (Wildman–Crippen LogP) is 4.78. The first kappa shape index (κ1) is 26.1. The normalized spacial score (nSPS) is 23.0. The van der Waals surface area contributed by atoms with E-state index in [-0.39, 0.29) is 28.2 Å². The van der Waals surface area contributed by atoms with E-state index in [4.69, 9.17) is 11.6 Å². The number of benzene rings is 1. The number of para-hydroxylation sites is 1. The SMILES string of the molecule is O=C(N[C@H]1CC[C@H](CN2C(=O)C(O)(c3ccc(F)cn3)c3ccccc32)CC1)c1cc(Cl)cnc1C(F)F. The topological polar surface area (TPSA) is 95.4 Å². The van der Waals surface area contributed by atoms with Crippen LogP contribution in [0.3, 0.4) is 0 Å². The molecule has 3 heterocycles. The Kier molecular flexibility index (Phi) is 7.11. The highest BCUT2D eigenvalue weighted by Gasteiger charge is 2.52. The Hall–Kier alpha value is -3.50. The quantitative estimate of drug-likeness (QED) is 0.466. The number of pyridine rings is 2. The van der Waals surface area contributed by atoms with E-state index in [0.717, 1.165) is 18.5 Å². The lowest BCUT2D eigenvalue weighted by molar-refractivity contribution is -0.132. The molecule has 198 valence electrons.